The SMILES string of the molecule is C[C@@H]1C[C@@H](O)[C@@]2(O)[C@]13CC(=O)OC[C@]2(C)[C@@](C)(O)C(=O)C3. The minimum Gasteiger partial charge on any atom is -0.465 e. The zero-order valence-electron chi connectivity index (χ0n) is 12.5. The molecule has 1 heterocycles. The van der Waals surface area contributed by atoms with Crippen molar-refractivity contribution in [1.29, 1.82) is 0 Å². The summed E-state index contributed by atoms with van der Waals surface area (Å²) in [6, 6.07) is 0. The summed E-state index contributed by atoms with van der Waals surface area (Å²) in [6.07, 6.45) is -1.05. The maximum atomic E-state index is 12.5. The molecule has 0 spiro atoms. The number of hydrogen-bond acceptors (Lipinski definition) is 6. The van der Waals surface area contributed by atoms with Crippen LogP contribution in [0.15, 0.2) is 0 Å². The van der Waals surface area contributed by atoms with Crippen molar-refractivity contribution in [3.05, 3.63) is 0 Å². The fourth-order valence-corrected chi connectivity index (χ4v) is 4.96. The van der Waals surface area contributed by atoms with Gasteiger partial charge in [-0.1, -0.05) is 13.8 Å². The van der Waals surface area contributed by atoms with Gasteiger partial charge in [-0.3, -0.25) is 9.59 Å². The fourth-order valence-electron chi connectivity index (χ4n) is 4.96. The van der Waals surface area contributed by atoms with Crippen molar-refractivity contribution in [1.82, 2.24) is 0 Å². The highest BCUT2D eigenvalue weighted by atomic mass is 16.5. The molecule has 2 aliphatic carbocycles. The maximum absolute atomic E-state index is 12.5. The molecule has 3 rings (SSSR count). The molecule has 0 aromatic carbocycles. The van der Waals surface area contributed by atoms with Crippen LogP contribution < -0.4 is 0 Å². The molecule has 2 bridgehead atoms. The highest BCUT2D eigenvalue weighted by Crippen LogP contribution is 2.68. The van der Waals surface area contributed by atoms with Gasteiger partial charge in [0.1, 0.15) is 17.8 Å². The molecule has 6 nitrogen and oxygen atoms in total. The van der Waals surface area contributed by atoms with Gasteiger partial charge in [0.25, 0.3) is 0 Å². The third-order valence-electron chi connectivity index (χ3n) is 6.68. The highest BCUT2D eigenvalue weighted by molar-refractivity contribution is 5.91. The van der Waals surface area contributed by atoms with Crippen molar-refractivity contribution in [3.63, 3.8) is 0 Å². The second kappa shape index (κ2) is 3.86. The Balaban J connectivity index is 2.32. The van der Waals surface area contributed by atoms with E-state index in [9.17, 15) is 24.9 Å². The number of aliphatic hydroxyl groups excluding tert-OH is 1. The molecular weight excluding hydrogens is 276 g/mol. The summed E-state index contributed by atoms with van der Waals surface area (Å²) in [5, 5.41) is 32.7. The van der Waals surface area contributed by atoms with Crippen LogP contribution in [0.2, 0.25) is 0 Å². The van der Waals surface area contributed by atoms with E-state index in [2.05, 4.69) is 0 Å². The summed E-state index contributed by atoms with van der Waals surface area (Å²) in [6.45, 7) is 4.41. The van der Waals surface area contributed by atoms with Crippen molar-refractivity contribution in [2.24, 2.45) is 16.7 Å². The Morgan fingerprint density at radius 1 is 1.19 bits per heavy atom. The number of carbonyl (C=O) groups excluding carboxylic acids is 2. The Labute approximate surface area is 123 Å². The molecule has 6 heteroatoms. The van der Waals surface area contributed by atoms with Crippen LogP contribution in [0.1, 0.15) is 40.0 Å². The molecule has 3 N–H and O–H groups in total. The van der Waals surface area contributed by atoms with E-state index in [1.165, 1.54) is 13.8 Å². The predicted molar refractivity (Wildman–Crippen MR) is 71.1 cm³/mol. The molecule has 1 saturated heterocycles. The second-order valence-electron chi connectivity index (χ2n) is 7.42. The van der Waals surface area contributed by atoms with E-state index >= 15 is 0 Å². The van der Waals surface area contributed by atoms with Gasteiger partial charge in [-0.25, -0.2) is 0 Å². The largest absolute Gasteiger partial charge is 0.465 e. The van der Waals surface area contributed by atoms with E-state index in [0.29, 0.717) is 6.42 Å². The van der Waals surface area contributed by atoms with E-state index in [4.69, 9.17) is 4.74 Å². The van der Waals surface area contributed by atoms with Crippen LogP contribution in [-0.2, 0) is 14.3 Å². The average molecular weight is 298 g/mol. The van der Waals surface area contributed by atoms with Gasteiger partial charge >= 0.3 is 5.97 Å². The van der Waals surface area contributed by atoms with Gasteiger partial charge in [-0.2, -0.15) is 0 Å². The van der Waals surface area contributed by atoms with Gasteiger partial charge in [-0.15, -0.1) is 0 Å². The molecule has 0 aromatic rings. The van der Waals surface area contributed by atoms with Crippen LogP contribution in [-0.4, -0.2) is 51.0 Å². The average Bonchev–Trinajstić information content (AvgIpc) is 2.52. The van der Waals surface area contributed by atoms with E-state index < -0.39 is 39.9 Å². The van der Waals surface area contributed by atoms with Crippen LogP contribution >= 0.6 is 0 Å². The first-order valence-corrected chi connectivity index (χ1v) is 7.35. The van der Waals surface area contributed by atoms with Crippen molar-refractivity contribution >= 4 is 11.8 Å². The zero-order chi connectivity index (χ0) is 15.8. The summed E-state index contributed by atoms with van der Waals surface area (Å²) in [4.78, 5) is 24.5. The van der Waals surface area contributed by atoms with Gasteiger partial charge in [0.2, 0.25) is 0 Å². The van der Waals surface area contributed by atoms with Gasteiger partial charge in [-0.05, 0) is 19.3 Å². The molecular formula is C15H22O6. The van der Waals surface area contributed by atoms with Gasteiger partial charge < -0.3 is 20.1 Å². The van der Waals surface area contributed by atoms with E-state index in [1.807, 2.05) is 6.92 Å². The number of rotatable bonds is 0. The van der Waals surface area contributed by atoms with Crippen LogP contribution in [0.5, 0.6) is 0 Å². The lowest BCUT2D eigenvalue weighted by Gasteiger charge is -2.60. The molecule has 3 fully saturated rings. The Bertz CT molecular complexity index is 528. The van der Waals surface area contributed by atoms with E-state index in [0.717, 1.165) is 0 Å². The number of aliphatic hydroxyl groups is 3. The normalized spacial score (nSPS) is 56.7. The molecule has 6 atom stereocenters. The van der Waals surface area contributed by atoms with Gasteiger partial charge in [0, 0.05) is 11.8 Å². The molecule has 0 radical (unpaired) electrons. The summed E-state index contributed by atoms with van der Waals surface area (Å²) in [5.41, 5.74) is -6.11. The van der Waals surface area contributed by atoms with Crippen LogP contribution in [0.3, 0.4) is 0 Å². The predicted octanol–water partition coefficient (Wildman–Crippen LogP) is -0.218. The summed E-state index contributed by atoms with van der Waals surface area (Å²) < 4.78 is 5.17. The topological polar surface area (TPSA) is 104 Å². The first-order chi connectivity index (χ1) is 9.53. The number of ether oxygens (including phenoxy) is 1. The zero-order valence-corrected chi connectivity index (χ0v) is 12.5. The summed E-state index contributed by atoms with van der Waals surface area (Å²) in [7, 11) is 0. The lowest BCUT2D eigenvalue weighted by Crippen LogP contribution is -2.75. The lowest BCUT2D eigenvalue weighted by atomic mass is 9.46. The number of ketones is 1. The van der Waals surface area contributed by atoms with Crippen LogP contribution in [0, 0.1) is 16.7 Å². The van der Waals surface area contributed by atoms with Crippen molar-refractivity contribution in [2.75, 3.05) is 6.61 Å². The Morgan fingerprint density at radius 2 is 1.81 bits per heavy atom. The van der Waals surface area contributed by atoms with Gasteiger partial charge in [0.05, 0.1) is 17.9 Å². The van der Waals surface area contributed by atoms with E-state index in [-0.39, 0.29) is 25.4 Å². The molecule has 0 aromatic heterocycles. The van der Waals surface area contributed by atoms with Crippen LogP contribution in [0.4, 0.5) is 0 Å². The maximum Gasteiger partial charge on any atom is 0.306 e. The molecule has 0 amide bonds. The molecule has 2 saturated carbocycles. The standard InChI is InChI=1S/C15H22O6/c1-8-4-9(16)15(20)12(2)7-21-11(18)6-14(8,15)5-10(17)13(12,3)19/h8-9,16,19-20H,4-7H2,1-3H3/t8-,9-,12-,13+,14-,15+/m1/s1. The number of esters is 1. The first kappa shape index (κ1) is 14.9. The van der Waals surface area contributed by atoms with Crippen molar-refractivity contribution in [3.8, 4) is 0 Å². The van der Waals surface area contributed by atoms with Crippen LogP contribution in [0.25, 0.3) is 0 Å². The lowest BCUT2D eigenvalue weighted by molar-refractivity contribution is -0.272. The molecule has 118 valence electrons. The second-order valence-corrected chi connectivity index (χ2v) is 7.42. The van der Waals surface area contributed by atoms with Gasteiger partial charge in [0.15, 0.2) is 5.78 Å². The molecule has 1 aliphatic heterocycles. The smallest absolute Gasteiger partial charge is 0.306 e. The number of carbonyl (C=O) groups is 2. The third-order valence-corrected chi connectivity index (χ3v) is 6.68. The van der Waals surface area contributed by atoms with Crippen molar-refractivity contribution < 1.29 is 29.6 Å². The Kier molecular flexibility index (Phi) is 2.74. The minimum absolute atomic E-state index is 0.112. The quantitative estimate of drug-likeness (QED) is 0.534. The van der Waals surface area contributed by atoms with Crippen molar-refractivity contribution in [2.45, 2.75) is 57.3 Å². The molecule has 21 heavy (non-hydrogen) atoms. The molecule has 3 aliphatic rings. The Hall–Kier alpha value is -0.980. The number of cyclic esters (lactones) is 1. The Morgan fingerprint density at radius 3 is 2.43 bits per heavy atom. The highest BCUT2D eigenvalue weighted by Gasteiger charge is 2.80. The van der Waals surface area contributed by atoms with E-state index in [1.54, 1.807) is 0 Å². The monoisotopic (exact) mass is 298 g/mol. The fraction of sp³-hybridized carbons (Fsp3) is 0.867. The minimum atomic E-state index is -1.86. The molecule has 0 unspecified atom stereocenters. The summed E-state index contributed by atoms with van der Waals surface area (Å²) in [5.74, 6) is -1.12. The number of hydrogen-bond donors (Lipinski definition) is 3. The third kappa shape index (κ3) is 1.34. The number of Topliss-reactive ketones (excluding diaryl/α,β-unsaturated/α-hetero) is 1. The first-order valence-electron chi connectivity index (χ1n) is 7.35. The summed E-state index contributed by atoms with van der Waals surface area (Å²) >= 11 is 0.